The summed E-state index contributed by atoms with van der Waals surface area (Å²) in [4.78, 5) is 25.8. The molecule has 0 aromatic rings. The van der Waals surface area contributed by atoms with Gasteiger partial charge in [0, 0.05) is 0 Å². The van der Waals surface area contributed by atoms with Gasteiger partial charge in [0.2, 0.25) is 0 Å². The average molecular weight is 482 g/mol. The van der Waals surface area contributed by atoms with Gasteiger partial charge < -0.3 is 14.4 Å². The van der Waals surface area contributed by atoms with Crippen LogP contribution in [0.15, 0.2) is 0 Å². The van der Waals surface area contributed by atoms with Crippen molar-refractivity contribution >= 4 is 22.1 Å². The van der Waals surface area contributed by atoms with Crippen LogP contribution in [0.25, 0.3) is 0 Å². The van der Waals surface area contributed by atoms with Crippen molar-refractivity contribution in [1.82, 2.24) is 4.90 Å². The maximum absolute atomic E-state index is 12.0. The summed E-state index contributed by atoms with van der Waals surface area (Å²) in [6, 6.07) is 0. The summed E-state index contributed by atoms with van der Waals surface area (Å²) >= 11 is 0. The molecule has 0 aliphatic heterocycles. The molecular formula is C23H47NO7S. The highest BCUT2D eigenvalue weighted by atomic mass is 32.2. The van der Waals surface area contributed by atoms with Gasteiger partial charge in [-0.05, 0) is 34.0 Å². The third-order valence-electron chi connectivity index (χ3n) is 4.48. The normalized spacial score (nSPS) is 12.1. The van der Waals surface area contributed by atoms with E-state index >= 15 is 0 Å². The van der Waals surface area contributed by atoms with Gasteiger partial charge in [0.05, 0.1) is 19.6 Å². The molecule has 0 aromatic heterocycles. The van der Waals surface area contributed by atoms with Gasteiger partial charge in [-0.15, -0.1) is 0 Å². The SMILES string of the molecule is CCCCCCCCOC(=O)CC(C(=O)OCCCCCCCC)S(=O)(=O)O.CN(C)C. The van der Waals surface area contributed by atoms with Crippen molar-refractivity contribution in [3.63, 3.8) is 0 Å². The number of rotatable bonds is 18. The van der Waals surface area contributed by atoms with Crippen molar-refractivity contribution in [3.05, 3.63) is 0 Å². The van der Waals surface area contributed by atoms with Crippen LogP contribution in [0.2, 0.25) is 0 Å². The Bertz CT molecular complexity index is 562. The van der Waals surface area contributed by atoms with E-state index in [9.17, 15) is 22.6 Å². The fourth-order valence-corrected chi connectivity index (χ4v) is 3.39. The van der Waals surface area contributed by atoms with Gasteiger partial charge in [0.15, 0.2) is 5.25 Å². The first kappa shape index (κ1) is 33.0. The lowest BCUT2D eigenvalue weighted by molar-refractivity contribution is -0.150. The van der Waals surface area contributed by atoms with Crippen LogP contribution in [0.3, 0.4) is 0 Å². The van der Waals surface area contributed by atoms with Crippen molar-refractivity contribution in [2.45, 2.75) is 103 Å². The van der Waals surface area contributed by atoms with Crippen LogP contribution in [0.5, 0.6) is 0 Å². The molecule has 0 fully saturated rings. The minimum absolute atomic E-state index is 0.0732. The maximum atomic E-state index is 12.0. The second-order valence-electron chi connectivity index (χ2n) is 8.47. The Morgan fingerprint density at radius 2 is 1.12 bits per heavy atom. The van der Waals surface area contributed by atoms with Crippen LogP contribution in [0.1, 0.15) is 97.3 Å². The van der Waals surface area contributed by atoms with E-state index in [0.717, 1.165) is 57.8 Å². The number of carbonyl (C=O) groups excluding carboxylic acids is 2. The molecule has 1 N–H and O–H groups in total. The standard InChI is InChI=1S/C20H38O7S.C3H9N/c1-3-5-7-9-11-13-15-26-19(21)17-18(28(23,24)25)20(22)27-16-14-12-10-8-6-4-2;1-4(2)3/h18H,3-17H2,1-2H3,(H,23,24,25);1-3H3. The fraction of sp³-hybridized carbons (Fsp3) is 0.913. The molecule has 0 saturated carbocycles. The maximum Gasteiger partial charge on any atom is 0.327 e. The number of hydrogen-bond donors (Lipinski definition) is 1. The van der Waals surface area contributed by atoms with Crippen molar-refractivity contribution < 1.29 is 32.0 Å². The Morgan fingerprint density at radius 1 is 0.750 bits per heavy atom. The lowest BCUT2D eigenvalue weighted by atomic mass is 10.1. The van der Waals surface area contributed by atoms with Crippen LogP contribution in [0, 0.1) is 0 Å². The number of ether oxygens (including phenoxy) is 2. The van der Waals surface area contributed by atoms with Crippen LogP contribution < -0.4 is 0 Å². The monoisotopic (exact) mass is 481 g/mol. The first-order valence-corrected chi connectivity index (χ1v) is 13.5. The minimum Gasteiger partial charge on any atom is -0.466 e. The molecule has 0 spiro atoms. The Hall–Kier alpha value is -1.19. The smallest absolute Gasteiger partial charge is 0.327 e. The molecule has 9 heteroatoms. The zero-order valence-corrected chi connectivity index (χ0v) is 21.8. The van der Waals surface area contributed by atoms with Gasteiger partial charge in [-0.25, -0.2) is 0 Å². The van der Waals surface area contributed by atoms with E-state index in [4.69, 9.17) is 9.47 Å². The zero-order valence-electron chi connectivity index (χ0n) is 20.9. The predicted molar refractivity (Wildman–Crippen MR) is 128 cm³/mol. The molecule has 1 unspecified atom stereocenters. The van der Waals surface area contributed by atoms with E-state index in [1.165, 1.54) is 6.42 Å². The molecule has 1 atom stereocenters. The molecule has 0 aliphatic carbocycles. The van der Waals surface area contributed by atoms with E-state index in [0.29, 0.717) is 12.8 Å². The van der Waals surface area contributed by atoms with E-state index in [-0.39, 0.29) is 13.2 Å². The van der Waals surface area contributed by atoms with Gasteiger partial charge >= 0.3 is 11.9 Å². The Balaban J connectivity index is 0. The molecule has 0 rings (SSSR count). The molecule has 8 nitrogen and oxygen atoms in total. The largest absolute Gasteiger partial charge is 0.466 e. The number of carbonyl (C=O) groups is 2. The van der Waals surface area contributed by atoms with Crippen LogP contribution in [0.4, 0.5) is 0 Å². The number of unbranched alkanes of at least 4 members (excludes halogenated alkanes) is 10. The number of hydrogen-bond acceptors (Lipinski definition) is 7. The fourth-order valence-electron chi connectivity index (χ4n) is 2.74. The predicted octanol–water partition coefficient (Wildman–Crippen LogP) is 4.62. The number of esters is 2. The van der Waals surface area contributed by atoms with Crippen molar-refractivity contribution in [2.24, 2.45) is 0 Å². The van der Waals surface area contributed by atoms with Gasteiger partial charge in [0.1, 0.15) is 0 Å². The quantitative estimate of drug-likeness (QED) is 0.172. The Kier molecular flexibility index (Phi) is 22.3. The highest BCUT2D eigenvalue weighted by molar-refractivity contribution is 7.87. The molecule has 0 aliphatic rings. The summed E-state index contributed by atoms with van der Waals surface area (Å²) < 4.78 is 42.0. The van der Waals surface area contributed by atoms with E-state index < -0.39 is 33.7 Å². The zero-order chi connectivity index (χ0) is 24.8. The van der Waals surface area contributed by atoms with E-state index in [1.807, 2.05) is 26.0 Å². The first-order chi connectivity index (χ1) is 15.1. The van der Waals surface area contributed by atoms with Crippen molar-refractivity contribution in [3.8, 4) is 0 Å². The molecule has 192 valence electrons. The summed E-state index contributed by atoms with van der Waals surface area (Å²) in [5.41, 5.74) is 0. The topological polar surface area (TPSA) is 110 Å². The second kappa shape index (κ2) is 21.6. The lowest BCUT2D eigenvalue weighted by Gasteiger charge is -2.13. The van der Waals surface area contributed by atoms with Crippen LogP contribution in [-0.2, 0) is 29.2 Å². The average Bonchev–Trinajstić information content (AvgIpc) is 2.69. The summed E-state index contributed by atoms with van der Waals surface area (Å²) in [5, 5.41) is -1.93. The number of nitrogens with zero attached hydrogens (tertiary/aromatic N) is 1. The molecule has 0 saturated heterocycles. The van der Waals surface area contributed by atoms with E-state index in [1.54, 1.807) is 0 Å². The molecule has 0 bridgehead atoms. The minimum atomic E-state index is -4.73. The van der Waals surface area contributed by atoms with Gasteiger partial charge in [-0.2, -0.15) is 8.42 Å². The summed E-state index contributed by atoms with van der Waals surface area (Å²) in [7, 11) is 1.27. The third kappa shape index (κ3) is 23.5. The highest BCUT2D eigenvalue weighted by Gasteiger charge is 2.35. The molecule has 0 radical (unpaired) electrons. The third-order valence-corrected chi connectivity index (χ3v) is 5.56. The second-order valence-corrected chi connectivity index (χ2v) is 10.1. The molecule has 0 amide bonds. The summed E-state index contributed by atoms with van der Waals surface area (Å²) in [6.45, 7) is 4.50. The van der Waals surface area contributed by atoms with Crippen LogP contribution >= 0.6 is 0 Å². The summed E-state index contributed by atoms with van der Waals surface area (Å²) in [5.74, 6) is -1.93. The molecular weight excluding hydrogens is 434 g/mol. The summed E-state index contributed by atoms with van der Waals surface area (Å²) in [6.07, 6.45) is 11.3. The van der Waals surface area contributed by atoms with Crippen molar-refractivity contribution in [1.29, 1.82) is 0 Å². The first-order valence-electron chi connectivity index (χ1n) is 12.0. The van der Waals surface area contributed by atoms with Crippen LogP contribution in [-0.4, -0.2) is 69.4 Å². The van der Waals surface area contributed by atoms with Crippen molar-refractivity contribution in [2.75, 3.05) is 34.4 Å². The Labute approximate surface area is 196 Å². The van der Waals surface area contributed by atoms with Gasteiger partial charge in [-0.3, -0.25) is 14.1 Å². The molecule has 0 aromatic carbocycles. The lowest BCUT2D eigenvalue weighted by Crippen LogP contribution is -2.34. The molecule has 0 heterocycles. The van der Waals surface area contributed by atoms with Gasteiger partial charge in [0.25, 0.3) is 10.1 Å². The highest BCUT2D eigenvalue weighted by Crippen LogP contribution is 2.11. The molecule has 32 heavy (non-hydrogen) atoms. The van der Waals surface area contributed by atoms with E-state index in [2.05, 4.69) is 13.8 Å². The van der Waals surface area contributed by atoms with Gasteiger partial charge in [-0.1, -0.05) is 78.1 Å². The Morgan fingerprint density at radius 3 is 1.53 bits per heavy atom.